The van der Waals surface area contributed by atoms with Crippen LogP contribution in [0.5, 0.6) is 0 Å². The summed E-state index contributed by atoms with van der Waals surface area (Å²) in [6.07, 6.45) is -0.537. The number of nitrogens with zero attached hydrogens (tertiary/aromatic N) is 1. The van der Waals surface area contributed by atoms with Crippen LogP contribution in [0.3, 0.4) is 0 Å². The predicted molar refractivity (Wildman–Crippen MR) is 64.2 cm³/mol. The lowest BCUT2D eigenvalue weighted by Gasteiger charge is -2.30. The summed E-state index contributed by atoms with van der Waals surface area (Å²) in [5.74, 6) is -1.07. The van der Waals surface area contributed by atoms with Gasteiger partial charge in [0, 0.05) is 6.54 Å². The Labute approximate surface area is 107 Å². The molecule has 0 saturated carbocycles. The van der Waals surface area contributed by atoms with Gasteiger partial charge in [0.05, 0.1) is 18.6 Å². The summed E-state index contributed by atoms with van der Waals surface area (Å²) < 4.78 is 5.24. The van der Waals surface area contributed by atoms with Gasteiger partial charge in [-0.05, 0) is 33.6 Å². The van der Waals surface area contributed by atoms with Gasteiger partial charge in [-0.25, -0.2) is 4.79 Å². The fraction of sp³-hybridized carbons (Fsp3) is 0.833. The van der Waals surface area contributed by atoms with Crippen LogP contribution >= 0.6 is 0 Å². The number of ether oxygens (including phenoxy) is 1. The van der Waals surface area contributed by atoms with E-state index in [1.165, 1.54) is 4.90 Å². The Morgan fingerprint density at radius 1 is 1.44 bits per heavy atom. The summed E-state index contributed by atoms with van der Waals surface area (Å²) in [5, 5.41) is 18.5. The molecule has 6 heteroatoms. The van der Waals surface area contributed by atoms with Gasteiger partial charge < -0.3 is 19.8 Å². The Kier molecular flexibility index (Phi) is 4.56. The molecule has 0 spiro atoms. The van der Waals surface area contributed by atoms with E-state index in [1.807, 2.05) is 0 Å². The SMILES string of the molecule is CC(C)(C)OC(=O)N1CCC[C@H]1[C@H](O)CC(=O)O. The zero-order valence-corrected chi connectivity index (χ0v) is 11.0. The molecule has 2 atom stereocenters. The summed E-state index contributed by atoms with van der Waals surface area (Å²) in [4.78, 5) is 23.9. The second-order valence-electron chi connectivity index (χ2n) is 5.55. The minimum Gasteiger partial charge on any atom is -0.481 e. The highest BCUT2D eigenvalue weighted by atomic mass is 16.6. The van der Waals surface area contributed by atoms with Crippen molar-refractivity contribution in [2.75, 3.05) is 6.54 Å². The Hall–Kier alpha value is -1.30. The molecule has 18 heavy (non-hydrogen) atoms. The van der Waals surface area contributed by atoms with Crippen LogP contribution in [0.2, 0.25) is 0 Å². The standard InChI is InChI=1S/C12H21NO5/c1-12(2,3)18-11(17)13-6-4-5-8(13)9(14)7-10(15)16/h8-9,14H,4-7H2,1-3H3,(H,15,16)/t8-,9+/m0/s1. The number of carboxylic acid groups (broad SMARTS) is 1. The van der Waals surface area contributed by atoms with E-state index in [9.17, 15) is 14.7 Å². The van der Waals surface area contributed by atoms with Crippen molar-refractivity contribution in [3.63, 3.8) is 0 Å². The molecule has 0 radical (unpaired) electrons. The molecule has 1 amide bonds. The summed E-state index contributed by atoms with van der Waals surface area (Å²) in [7, 11) is 0. The monoisotopic (exact) mass is 259 g/mol. The Morgan fingerprint density at radius 3 is 2.56 bits per heavy atom. The molecule has 6 nitrogen and oxygen atoms in total. The van der Waals surface area contributed by atoms with Crippen molar-refractivity contribution in [3.8, 4) is 0 Å². The van der Waals surface area contributed by atoms with Crippen molar-refractivity contribution < 1.29 is 24.5 Å². The first-order chi connectivity index (χ1) is 8.20. The van der Waals surface area contributed by atoms with Gasteiger partial charge in [-0.3, -0.25) is 4.79 Å². The molecule has 1 heterocycles. The molecule has 1 saturated heterocycles. The summed E-state index contributed by atoms with van der Waals surface area (Å²) in [5.41, 5.74) is -0.595. The fourth-order valence-corrected chi connectivity index (χ4v) is 2.05. The lowest BCUT2D eigenvalue weighted by molar-refractivity contribution is -0.140. The largest absolute Gasteiger partial charge is 0.481 e. The number of likely N-dealkylation sites (tertiary alicyclic amines) is 1. The molecule has 1 aliphatic rings. The summed E-state index contributed by atoms with van der Waals surface area (Å²) in [6.45, 7) is 5.80. The number of hydrogen-bond donors (Lipinski definition) is 2. The van der Waals surface area contributed by atoms with Crippen molar-refractivity contribution in [1.82, 2.24) is 4.90 Å². The van der Waals surface area contributed by atoms with Crippen molar-refractivity contribution in [2.45, 2.75) is 57.8 Å². The van der Waals surface area contributed by atoms with Crippen molar-refractivity contribution >= 4 is 12.1 Å². The van der Waals surface area contributed by atoms with Crippen LogP contribution in [0.1, 0.15) is 40.0 Å². The topological polar surface area (TPSA) is 87.1 Å². The molecule has 104 valence electrons. The van der Waals surface area contributed by atoms with Crippen molar-refractivity contribution in [2.24, 2.45) is 0 Å². The molecular formula is C12H21NO5. The minimum atomic E-state index is -1.07. The first-order valence-electron chi connectivity index (χ1n) is 6.10. The van der Waals surface area contributed by atoms with Crippen LogP contribution in [0.25, 0.3) is 0 Å². The lowest BCUT2D eigenvalue weighted by atomic mass is 10.1. The molecule has 2 N–H and O–H groups in total. The number of aliphatic hydroxyl groups excluding tert-OH is 1. The van der Waals surface area contributed by atoms with Gasteiger partial charge in [0.2, 0.25) is 0 Å². The van der Waals surface area contributed by atoms with Gasteiger partial charge in [0.1, 0.15) is 5.60 Å². The van der Waals surface area contributed by atoms with Crippen LogP contribution < -0.4 is 0 Å². The smallest absolute Gasteiger partial charge is 0.410 e. The zero-order chi connectivity index (χ0) is 13.9. The first kappa shape index (κ1) is 14.8. The average Bonchev–Trinajstić information content (AvgIpc) is 2.61. The van der Waals surface area contributed by atoms with E-state index in [0.29, 0.717) is 13.0 Å². The van der Waals surface area contributed by atoms with Crippen molar-refractivity contribution in [1.29, 1.82) is 0 Å². The molecule has 0 aromatic carbocycles. The normalized spacial score (nSPS) is 21.8. The highest BCUT2D eigenvalue weighted by Crippen LogP contribution is 2.24. The van der Waals surface area contributed by atoms with Crippen LogP contribution in [-0.4, -0.2) is 51.5 Å². The fourth-order valence-electron chi connectivity index (χ4n) is 2.05. The third kappa shape index (κ3) is 4.18. The van der Waals surface area contributed by atoms with Crippen LogP contribution in [0, 0.1) is 0 Å². The van der Waals surface area contributed by atoms with E-state index in [1.54, 1.807) is 20.8 Å². The number of amides is 1. The van der Waals surface area contributed by atoms with Gasteiger partial charge in [-0.2, -0.15) is 0 Å². The Morgan fingerprint density at radius 2 is 2.06 bits per heavy atom. The Bertz CT molecular complexity index is 323. The molecule has 1 rings (SSSR count). The highest BCUT2D eigenvalue weighted by molar-refractivity contribution is 5.70. The summed E-state index contributed by atoms with van der Waals surface area (Å²) >= 11 is 0. The van der Waals surface area contributed by atoms with Gasteiger partial charge >= 0.3 is 12.1 Å². The van der Waals surface area contributed by atoms with E-state index in [0.717, 1.165) is 6.42 Å². The Balaban J connectivity index is 2.64. The second-order valence-corrected chi connectivity index (χ2v) is 5.55. The van der Waals surface area contributed by atoms with Gasteiger partial charge in [-0.1, -0.05) is 0 Å². The van der Waals surface area contributed by atoms with Crippen LogP contribution in [0.4, 0.5) is 4.79 Å². The third-order valence-electron chi connectivity index (χ3n) is 2.76. The molecule has 0 unspecified atom stereocenters. The number of aliphatic carboxylic acids is 1. The first-order valence-corrected chi connectivity index (χ1v) is 6.10. The van der Waals surface area contributed by atoms with Crippen molar-refractivity contribution in [3.05, 3.63) is 0 Å². The van der Waals surface area contributed by atoms with E-state index in [-0.39, 0.29) is 6.42 Å². The van der Waals surface area contributed by atoms with E-state index in [2.05, 4.69) is 0 Å². The minimum absolute atomic E-state index is 0.357. The van der Waals surface area contributed by atoms with Crippen LogP contribution in [0.15, 0.2) is 0 Å². The quantitative estimate of drug-likeness (QED) is 0.795. The molecule has 1 fully saturated rings. The van der Waals surface area contributed by atoms with E-state index >= 15 is 0 Å². The lowest BCUT2D eigenvalue weighted by Crippen LogP contribution is -2.45. The molecule has 0 bridgehead atoms. The number of carbonyl (C=O) groups is 2. The average molecular weight is 259 g/mol. The predicted octanol–water partition coefficient (Wildman–Crippen LogP) is 1.22. The number of hydrogen-bond acceptors (Lipinski definition) is 4. The molecule has 0 aliphatic carbocycles. The molecule has 0 aromatic rings. The van der Waals surface area contributed by atoms with Gasteiger partial charge in [-0.15, -0.1) is 0 Å². The van der Waals surface area contributed by atoms with E-state index < -0.39 is 29.8 Å². The maximum Gasteiger partial charge on any atom is 0.410 e. The van der Waals surface area contributed by atoms with Gasteiger partial charge in [0.15, 0.2) is 0 Å². The number of carboxylic acids is 1. The van der Waals surface area contributed by atoms with E-state index in [4.69, 9.17) is 9.84 Å². The maximum atomic E-state index is 11.9. The summed E-state index contributed by atoms with van der Waals surface area (Å²) in [6, 6.07) is -0.462. The maximum absolute atomic E-state index is 11.9. The number of rotatable bonds is 3. The number of carbonyl (C=O) groups excluding carboxylic acids is 1. The van der Waals surface area contributed by atoms with Crippen LogP contribution in [-0.2, 0) is 9.53 Å². The third-order valence-corrected chi connectivity index (χ3v) is 2.76. The highest BCUT2D eigenvalue weighted by Gasteiger charge is 2.36. The number of aliphatic hydroxyl groups is 1. The second kappa shape index (κ2) is 5.56. The molecular weight excluding hydrogens is 238 g/mol. The molecule has 1 aliphatic heterocycles. The van der Waals surface area contributed by atoms with Gasteiger partial charge in [0.25, 0.3) is 0 Å². The zero-order valence-electron chi connectivity index (χ0n) is 11.0. The molecule has 0 aromatic heterocycles.